The van der Waals surface area contributed by atoms with Gasteiger partial charge in [-0.15, -0.1) is 0 Å². The van der Waals surface area contributed by atoms with E-state index in [9.17, 15) is 5.11 Å². The summed E-state index contributed by atoms with van der Waals surface area (Å²) in [4.78, 5) is 0. The van der Waals surface area contributed by atoms with E-state index in [0.29, 0.717) is 10.0 Å². The van der Waals surface area contributed by atoms with E-state index >= 15 is 0 Å². The van der Waals surface area contributed by atoms with Gasteiger partial charge in [0.1, 0.15) is 5.75 Å². The Morgan fingerprint density at radius 2 is 1.62 bits per heavy atom. The molecule has 0 saturated heterocycles. The number of benzene rings is 2. The first-order valence-corrected chi connectivity index (χ1v) is 6.06. The van der Waals surface area contributed by atoms with Crippen molar-refractivity contribution in [1.82, 2.24) is 0 Å². The molecule has 2 aromatic carbocycles. The van der Waals surface area contributed by atoms with Crippen LogP contribution < -0.4 is 0 Å². The van der Waals surface area contributed by atoms with Gasteiger partial charge in [-0.2, -0.15) is 0 Å². The molecule has 0 spiro atoms. The van der Waals surface area contributed by atoms with Crippen molar-refractivity contribution in [2.75, 3.05) is 0 Å². The predicted molar refractivity (Wildman–Crippen MR) is 71.3 cm³/mol. The monoisotopic (exact) mass is 316 g/mol. The second-order valence-electron chi connectivity index (χ2n) is 3.33. The molecular weight excluding hydrogens is 311 g/mol. The Labute approximate surface area is 112 Å². The molecule has 0 fully saturated rings. The first-order valence-electron chi connectivity index (χ1n) is 4.51. The molecule has 0 aromatic heterocycles. The summed E-state index contributed by atoms with van der Waals surface area (Å²) in [6, 6.07) is 10.6. The third-order valence-electron chi connectivity index (χ3n) is 2.14. The van der Waals surface area contributed by atoms with Crippen molar-refractivity contribution in [3.63, 3.8) is 0 Å². The molecule has 0 radical (unpaired) electrons. The van der Waals surface area contributed by atoms with E-state index in [-0.39, 0.29) is 5.75 Å². The maximum atomic E-state index is 9.49. The average Bonchev–Trinajstić information content (AvgIpc) is 2.20. The largest absolute Gasteiger partial charge is 0.508 e. The summed E-state index contributed by atoms with van der Waals surface area (Å²) in [6.45, 7) is 0. The fraction of sp³-hybridized carbons (Fsp3) is 0. The molecule has 0 aliphatic carbocycles. The van der Waals surface area contributed by atoms with E-state index < -0.39 is 0 Å². The van der Waals surface area contributed by atoms with Crippen molar-refractivity contribution in [3.8, 4) is 16.9 Å². The molecule has 0 amide bonds. The van der Waals surface area contributed by atoms with E-state index in [4.69, 9.17) is 23.2 Å². The molecule has 0 aliphatic heterocycles. The molecule has 1 nitrogen and oxygen atoms in total. The molecule has 16 heavy (non-hydrogen) atoms. The van der Waals surface area contributed by atoms with Gasteiger partial charge >= 0.3 is 0 Å². The zero-order chi connectivity index (χ0) is 11.7. The Balaban J connectivity index is 2.54. The summed E-state index contributed by atoms with van der Waals surface area (Å²) >= 11 is 15.1. The van der Waals surface area contributed by atoms with Crippen LogP contribution in [0.4, 0.5) is 0 Å². The van der Waals surface area contributed by atoms with Crippen molar-refractivity contribution >= 4 is 39.1 Å². The van der Waals surface area contributed by atoms with E-state index in [1.165, 1.54) is 0 Å². The SMILES string of the molecule is Oc1cc(Br)cc(-c2ccc(Cl)c(Cl)c2)c1. The summed E-state index contributed by atoms with van der Waals surface area (Å²) in [5, 5.41) is 10.5. The Bertz CT molecular complexity index is 520. The molecule has 0 bridgehead atoms. The van der Waals surface area contributed by atoms with Gasteiger partial charge < -0.3 is 5.11 Å². The van der Waals surface area contributed by atoms with Gasteiger partial charge in [-0.1, -0.05) is 45.2 Å². The maximum Gasteiger partial charge on any atom is 0.117 e. The second-order valence-corrected chi connectivity index (χ2v) is 5.06. The number of aromatic hydroxyl groups is 1. The van der Waals surface area contributed by atoms with Crippen molar-refractivity contribution in [1.29, 1.82) is 0 Å². The Kier molecular flexibility index (Phi) is 3.43. The fourth-order valence-electron chi connectivity index (χ4n) is 1.42. The number of rotatable bonds is 1. The molecule has 4 heteroatoms. The standard InChI is InChI=1S/C12H7BrCl2O/c13-9-3-8(4-10(16)6-9)7-1-2-11(14)12(15)5-7/h1-6,16H. The Morgan fingerprint density at radius 1 is 0.875 bits per heavy atom. The minimum Gasteiger partial charge on any atom is -0.508 e. The Hall–Kier alpha value is -0.700. The van der Waals surface area contributed by atoms with Gasteiger partial charge in [-0.3, -0.25) is 0 Å². The summed E-state index contributed by atoms with van der Waals surface area (Å²) in [6.07, 6.45) is 0. The average molecular weight is 318 g/mol. The van der Waals surface area contributed by atoms with Gasteiger partial charge in [-0.25, -0.2) is 0 Å². The van der Waals surface area contributed by atoms with Crippen LogP contribution in [0.5, 0.6) is 5.75 Å². The highest BCUT2D eigenvalue weighted by Crippen LogP contribution is 2.32. The smallest absolute Gasteiger partial charge is 0.117 e. The fourth-order valence-corrected chi connectivity index (χ4v) is 2.20. The van der Waals surface area contributed by atoms with Crippen molar-refractivity contribution in [3.05, 3.63) is 50.9 Å². The van der Waals surface area contributed by atoms with Crippen LogP contribution in [0, 0.1) is 0 Å². The lowest BCUT2D eigenvalue weighted by Crippen LogP contribution is -1.79. The van der Waals surface area contributed by atoms with Crippen LogP contribution in [0.2, 0.25) is 10.0 Å². The molecule has 2 aromatic rings. The van der Waals surface area contributed by atoms with Crippen LogP contribution in [0.15, 0.2) is 40.9 Å². The molecule has 1 N–H and O–H groups in total. The second kappa shape index (κ2) is 4.66. The first kappa shape index (κ1) is 11.8. The van der Waals surface area contributed by atoms with Crippen molar-refractivity contribution < 1.29 is 5.11 Å². The molecule has 0 aliphatic rings. The lowest BCUT2D eigenvalue weighted by atomic mass is 10.1. The van der Waals surface area contributed by atoms with Crippen molar-refractivity contribution in [2.24, 2.45) is 0 Å². The van der Waals surface area contributed by atoms with Gasteiger partial charge in [0.25, 0.3) is 0 Å². The van der Waals surface area contributed by atoms with Crippen LogP contribution in [0.25, 0.3) is 11.1 Å². The van der Waals surface area contributed by atoms with Crippen LogP contribution in [0.1, 0.15) is 0 Å². The highest BCUT2D eigenvalue weighted by Gasteiger charge is 2.04. The minimum atomic E-state index is 0.204. The molecule has 0 unspecified atom stereocenters. The zero-order valence-corrected chi connectivity index (χ0v) is 11.1. The summed E-state index contributed by atoms with van der Waals surface area (Å²) in [5.74, 6) is 0.204. The van der Waals surface area contributed by atoms with Crippen LogP contribution in [0.3, 0.4) is 0 Å². The van der Waals surface area contributed by atoms with Crippen molar-refractivity contribution in [2.45, 2.75) is 0 Å². The summed E-state index contributed by atoms with van der Waals surface area (Å²) in [7, 11) is 0. The predicted octanol–water partition coefficient (Wildman–Crippen LogP) is 5.13. The van der Waals surface area contributed by atoms with E-state index in [2.05, 4.69) is 15.9 Å². The highest BCUT2D eigenvalue weighted by molar-refractivity contribution is 9.10. The normalized spacial score (nSPS) is 10.4. The van der Waals surface area contributed by atoms with E-state index in [1.54, 1.807) is 24.3 Å². The number of phenols is 1. The van der Waals surface area contributed by atoms with Crippen LogP contribution in [-0.4, -0.2) is 5.11 Å². The lowest BCUT2D eigenvalue weighted by molar-refractivity contribution is 0.475. The third kappa shape index (κ3) is 2.51. The van der Waals surface area contributed by atoms with Gasteiger partial charge in [0.2, 0.25) is 0 Å². The number of phenolic OH excluding ortho intramolecular Hbond substituents is 1. The number of halogens is 3. The zero-order valence-electron chi connectivity index (χ0n) is 8.05. The number of hydrogen-bond acceptors (Lipinski definition) is 1. The van der Waals surface area contributed by atoms with Crippen LogP contribution in [-0.2, 0) is 0 Å². The van der Waals surface area contributed by atoms with Gasteiger partial charge in [0.15, 0.2) is 0 Å². The van der Waals surface area contributed by atoms with E-state index in [0.717, 1.165) is 15.6 Å². The third-order valence-corrected chi connectivity index (χ3v) is 3.33. The molecule has 0 saturated carbocycles. The van der Waals surface area contributed by atoms with E-state index in [1.807, 2.05) is 12.1 Å². The highest BCUT2D eigenvalue weighted by atomic mass is 79.9. The first-order chi connectivity index (χ1) is 7.56. The molecule has 0 heterocycles. The molecule has 82 valence electrons. The summed E-state index contributed by atoms with van der Waals surface area (Å²) in [5.41, 5.74) is 1.79. The minimum absolute atomic E-state index is 0.204. The Morgan fingerprint density at radius 3 is 2.25 bits per heavy atom. The van der Waals surface area contributed by atoms with Gasteiger partial charge in [0.05, 0.1) is 10.0 Å². The lowest BCUT2D eigenvalue weighted by Gasteiger charge is -2.05. The number of hydrogen-bond donors (Lipinski definition) is 1. The van der Waals surface area contributed by atoms with Gasteiger partial charge in [0, 0.05) is 4.47 Å². The topological polar surface area (TPSA) is 20.2 Å². The molecule has 0 atom stereocenters. The molecule has 2 rings (SSSR count). The maximum absolute atomic E-state index is 9.49. The summed E-state index contributed by atoms with van der Waals surface area (Å²) < 4.78 is 0.813. The van der Waals surface area contributed by atoms with Gasteiger partial charge in [-0.05, 0) is 41.5 Å². The molecular formula is C12H7BrCl2O. The van der Waals surface area contributed by atoms with Crippen LogP contribution >= 0.6 is 39.1 Å². The quantitative estimate of drug-likeness (QED) is 0.773.